The van der Waals surface area contributed by atoms with Gasteiger partial charge in [-0.25, -0.2) is 9.97 Å². The van der Waals surface area contributed by atoms with Gasteiger partial charge in [0, 0.05) is 13.0 Å². The highest BCUT2D eigenvalue weighted by Crippen LogP contribution is 2.42. The zero-order chi connectivity index (χ0) is 21.4. The number of aryl methyl sites for hydroxylation is 1. The molecular weight excluding hydrogens is 449 g/mol. The Balaban J connectivity index is 2.08. The summed E-state index contributed by atoms with van der Waals surface area (Å²) in [7, 11) is 0. The van der Waals surface area contributed by atoms with Gasteiger partial charge in [0.25, 0.3) is 0 Å². The van der Waals surface area contributed by atoms with Crippen LogP contribution in [-0.4, -0.2) is 25.9 Å². The lowest BCUT2D eigenvalue weighted by Crippen LogP contribution is -2.10. The van der Waals surface area contributed by atoms with Crippen LogP contribution in [0.25, 0.3) is 10.9 Å². The summed E-state index contributed by atoms with van der Waals surface area (Å²) in [4.78, 5) is 7.57. The summed E-state index contributed by atoms with van der Waals surface area (Å²) in [5.41, 5.74) is -1.31. The molecule has 0 bridgehead atoms. The summed E-state index contributed by atoms with van der Waals surface area (Å²) in [6.07, 6.45) is -8.32. The van der Waals surface area contributed by atoms with Crippen LogP contribution >= 0.6 is 23.2 Å². The molecule has 0 saturated heterocycles. The molecule has 5 nitrogen and oxygen atoms in total. The summed E-state index contributed by atoms with van der Waals surface area (Å²) in [5, 5.41) is 2.98. The molecule has 13 heteroatoms. The molecule has 0 fully saturated rings. The average Bonchev–Trinajstić information content (AvgIpc) is 2.92. The van der Waals surface area contributed by atoms with Crippen LogP contribution in [0.4, 0.5) is 26.3 Å². The number of ether oxygens (including phenoxy) is 1. The third-order valence-corrected chi connectivity index (χ3v) is 4.21. The first-order chi connectivity index (χ1) is 13.5. The third-order valence-electron chi connectivity index (χ3n) is 3.75. The maximum Gasteiger partial charge on any atom is 0.417 e. The van der Waals surface area contributed by atoms with Crippen molar-refractivity contribution in [3.8, 4) is 11.8 Å². The molecule has 0 aliphatic rings. The Hall–Kier alpha value is -2.27. The van der Waals surface area contributed by atoms with Crippen molar-refractivity contribution in [1.29, 1.82) is 0 Å². The number of benzene rings is 1. The van der Waals surface area contributed by atoms with E-state index in [0.717, 1.165) is 16.8 Å². The van der Waals surface area contributed by atoms with Crippen LogP contribution in [0, 0.1) is 0 Å². The molecule has 0 aliphatic carbocycles. The summed E-state index contributed by atoms with van der Waals surface area (Å²) in [5.74, 6) is -0.151. The Morgan fingerprint density at radius 1 is 1.00 bits per heavy atom. The van der Waals surface area contributed by atoms with E-state index in [1.807, 2.05) is 0 Å². The van der Waals surface area contributed by atoms with Gasteiger partial charge in [-0.3, -0.25) is 4.68 Å². The predicted molar refractivity (Wildman–Crippen MR) is 92.2 cm³/mol. The zero-order valence-corrected chi connectivity index (χ0v) is 15.7. The molecule has 1 aromatic carbocycles. The monoisotopic (exact) mass is 458 g/mol. The maximum atomic E-state index is 13.4. The molecule has 29 heavy (non-hydrogen) atoms. The fraction of sp³-hybridized carbons (Fsp3) is 0.312. The summed E-state index contributed by atoms with van der Waals surface area (Å²) in [6, 6.07) is 1.51. The molecule has 0 spiro atoms. The lowest BCUT2D eigenvalue weighted by Gasteiger charge is -2.13. The Bertz CT molecular complexity index is 1020. The van der Waals surface area contributed by atoms with Gasteiger partial charge in [0.05, 0.1) is 28.4 Å². The minimum atomic E-state index is -4.77. The normalized spacial score (nSPS) is 12.6. The van der Waals surface area contributed by atoms with Crippen molar-refractivity contribution in [3.63, 3.8) is 0 Å². The molecule has 3 aromatic rings. The molecule has 0 N–H and O–H groups in total. The highest BCUT2D eigenvalue weighted by molar-refractivity contribution is 6.34. The molecular formula is C16H10Cl2F6N4O. The molecule has 0 unspecified atom stereocenters. The van der Waals surface area contributed by atoms with Crippen LogP contribution < -0.4 is 4.74 Å². The van der Waals surface area contributed by atoms with Gasteiger partial charge in [0.15, 0.2) is 10.9 Å². The van der Waals surface area contributed by atoms with Crippen LogP contribution in [0.5, 0.6) is 11.8 Å². The minimum Gasteiger partial charge on any atom is -0.422 e. The molecule has 0 saturated carbocycles. The van der Waals surface area contributed by atoms with Gasteiger partial charge >= 0.3 is 18.4 Å². The van der Waals surface area contributed by atoms with Gasteiger partial charge in [0.2, 0.25) is 0 Å². The summed E-state index contributed by atoms with van der Waals surface area (Å²) in [6.45, 7) is -0.331. The van der Waals surface area contributed by atoms with Crippen molar-refractivity contribution >= 4 is 34.1 Å². The van der Waals surface area contributed by atoms with Gasteiger partial charge in [-0.05, 0) is 18.6 Å². The molecule has 0 amide bonds. The van der Waals surface area contributed by atoms with Gasteiger partial charge < -0.3 is 4.74 Å². The Morgan fingerprint density at radius 2 is 1.66 bits per heavy atom. The van der Waals surface area contributed by atoms with E-state index >= 15 is 0 Å². The van der Waals surface area contributed by atoms with Gasteiger partial charge in [-0.15, -0.1) is 0 Å². The van der Waals surface area contributed by atoms with E-state index in [1.54, 1.807) is 0 Å². The predicted octanol–water partition coefficient (Wildman–Crippen LogP) is 6.29. The topological polar surface area (TPSA) is 52.8 Å². The quantitative estimate of drug-likeness (QED) is 0.421. The van der Waals surface area contributed by atoms with E-state index in [0.29, 0.717) is 0 Å². The van der Waals surface area contributed by atoms with Crippen LogP contribution in [0.3, 0.4) is 0 Å². The maximum absolute atomic E-state index is 13.4. The largest absolute Gasteiger partial charge is 0.422 e. The van der Waals surface area contributed by atoms with Crippen molar-refractivity contribution in [2.75, 3.05) is 0 Å². The fourth-order valence-corrected chi connectivity index (χ4v) is 2.98. The molecule has 3 rings (SSSR count). The molecule has 2 aromatic heterocycles. The lowest BCUT2D eigenvalue weighted by molar-refractivity contribution is -0.136. The molecule has 0 radical (unpaired) electrons. The number of hydrogen-bond donors (Lipinski definition) is 0. The molecule has 156 valence electrons. The second-order valence-electron chi connectivity index (χ2n) is 5.85. The SMILES string of the molecule is FC(F)(F)CCCn1nc(Cl)c2c(C(F)(F)F)ccc(Oc3ncc(Cl)cn3)c21. The minimum absolute atomic E-state index is 0.151. The van der Waals surface area contributed by atoms with Crippen molar-refractivity contribution in [1.82, 2.24) is 19.7 Å². The lowest BCUT2D eigenvalue weighted by atomic mass is 10.1. The Morgan fingerprint density at radius 3 is 2.24 bits per heavy atom. The van der Waals surface area contributed by atoms with Gasteiger partial charge in [0.1, 0.15) is 5.52 Å². The van der Waals surface area contributed by atoms with Crippen LogP contribution in [0.15, 0.2) is 24.5 Å². The number of rotatable bonds is 5. The number of hydrogen-bond acceptors (Lipinski definition) is 4. The van der Waals surface area contributed by atoms with E-state index in [1.165, 1.54) is 12.4 Å². The number of halogens is 8. The second kappa shape index (κ2) is 7.86. The number of fused-ring (bicyclic) bond motifs is 1. The average molecular weight is 459 g/mol. The van der Waals surface area contributed by atoms with Crippen molar-refractivity contribution in [2.24, 2.45) is 0 Å². The molecule has 0 aliphatic heterocycles. The second-order valence-corrected chi connectivity index (χ2v) is 6.65. The summed E-state index contributed by atoms with van der Waals surface area (Å²) < 4.78 is 83.9. The van der Waals surface area contributed by atoms with E-state index < -0.39 is 41.3 Å². The Kier molecular flexibility index (Phi) is 5.81. The number of alkyl halides is 6. The van der Waals surface area contributed by atoms with Crippen LogP contribution in [0.2, 0.25) is 10.2 Å². The standard InChI is InChI=1S/C16H10Cl2F6N4O/c17-8-6-25-14(26-7-8)29-10-3-2-9(16(22,23)24)11-12(10)28(27-13(11)18)5-1-4-15(19,20)21/h2-3,6-7H,1,4-5H2. The molecule has 2 heterocycles. The van der Waals surface area contributed by atoms with Crippen molar-refractivity contribution < 1.29 is 31.1 Å². The number of aromatic nitrogens is 4. The first-order valence-corrected chi connectivity index (χ1v) is 8.69. The number of nitrogens with zero attached hydrogens (tertiary/aromatic N) is 4. The zero-order valence-electron chi connectivity index (χ0n) is 14.2. The highest BCUT2D eigenvalue weighted by atomic mass is 35.5. The first-order valence-electron chi connectivity index (χ1n) is 7.94. The highest BCUT2D eigenvalue weighted by Gasteiger charge is 2.36. The fourth-order valence-electron chi connectivity index (χ4n) is 2.60. The van der Waals surface area contributed by atoms with Gasteiger partial charge in [-0.2, -0.15) is 31.4 Å². The van der Waals surface area contributed by atoms with Crippen LogP contribution in [0.1, 0.15) is 18.4 Å². The van der Waals surface area contributed by atoms with E-state index in [2.05, 4.69) is 15.1 Å². The molecule has 0 atom stereocenters. The smallest absolute Gasteiger partial charge is 0.417 e. The van der Waals surface area contributed by atoms with Crippen molar-refractivity contribution in [2.45, 2.75) is 31.7 Å². The van der Waals surface area contributed by atoms with E-state index in [-0.39, 0.29) is 28.8 Å². The van der Waals surface area contributed by atoms with E-state index in [9.17, 15) is 26.3 Å². The summed E-state index contributed by atoms with van der Waals surface area (Å²) >= 11 is 11.6. The van der Waals surface area contributed by atoms with Crippen molar-refractivity contribution in [3.05, 3.63) is 40.3 Å². The Labute approximate surface area is 169 Å². The van der Waals surface area contributed by atoms with Crippen LogP contribution in [-0.2, 0) is 12.7 Å². The first kappa shape index (κ1) is 21.4. The third kappa shape index (κ3) is 5.02. The van der Waals surface area contributed by atoms with Gasteiger partial charge in [-0.1, -0.05) is 23.2 Å². The van der Waals surface area contributed by atoms with E-state index in [4.69, 9.17) is 27.9 Å².